The first-order valence-electron chi connectivity index (χ1n) is 6.74. The first kappa shape index (κ1) is 15.2. The van der Waals surface area contributed by atoms with Gasteiger partial charge in [0.1, 0.15) is 11.4 Å². The quantitative estimate of drug-likeness (QED) is 0.839. The minimum Gasteiger partial charge on any atom is -0.490 e. The molecule has 1 aliphatic rings. The Hall–Kier alpha value is -2.16. The Labute approximate surface area is 121 Å². The molecule has 0 heterocycles. The van der Waals surface area contributed by atoms with E-state index in [2.05, 4.69) is 6.07 Å². The number of rotatable bonds is 5. The van der Waals surface area contributed by atoms with Crippen LogP contribution in [0.3, 0.4) is 0 Å². The molecule has 6 heteroatoms. The smallest absolute Gasteiger partial charge is 0.227 e. The van der Waals surface area contributed by atoms with Crippen LogP contribution in [0.25, 0.3) is 0 Å². The highest BCUT2D eigenvalue weighted by Crippen LogP contribution is 2.36. The summed E-state index contributed by atoms with van der Waals surface area (Å²) in [5.41, 5.74) is -0.696. The van der Waals surface area contributed by atoms with Crippen LogP contribution >= 0.6 is 0 Å². The molecule has 1 amide bonds. The molecule has 0 aromatic heterocycles. The van der Waals surface area contributed by atoms with Gasteiger partial charge < -0.3 is 9.64 Å². The van der Waals surface area contributed by atoms with E-state index in [0.29, 0.717) is 12.8 Å². The van der Waals surface area contributed by atoms with Gasteiger partial charge in [0.2, 0.25) is 5.91 Å². The van der Waals surface area contributed by atoms with Gasteiger partial charge in [-0.05, 0) is 31.4 Å². The van der Waals surface area contributed by atoms with E-state index in [9.17, 15) is 13.6 Å². The van der Waals surface area contributed by atoms with Crippen LogP contribution < -0.4 is 4.74 Å². The number of nitrogens with zero attached hydrogens (tertiary/aromatic N) is 2. The highest BCUT2D eigenvalue weighted by Gasteiger charge is 2.43. The Kier molecular flexibility index (Phi) is 4.41. The fraction of sp³-hybridized carbons (Fsp3) is 0.467. The fourth-order valence-electron chi connectivity index (χ4n) is 2.28. The monoisotopic (exact) mass is 294 g/mol. The molecule has 1 saturated carbocycles. The van der Waals surface area contributed by atoms with E-state index in [-0.39, 0.29) is 24.7 Å². The van der Waals surface area contributed by atoms with Gasteiger partial charge in [0.15, 0.2) is 11.6 Å². The molecule has 0 unspecified atom stereocenters. The van der Waals surface area contributed by atoms with Gasteiger partial charge in [-0.25, -0.2) is 8.78 Å². The van der Waals surface area contributed by atoms with Crippen LogP contribution in [0.5, 0.6) is 5.75 Å². The van der Waals surface area contributed by atoms with E-state index in [1.165, 1.54) is 11.0 Å². The third kappa shape index (κ3) is 3.13. The zero-order valence-electron chi connectivity index (χ0n) is 11.7. The molecule has 0 bridgehead atoms. The number of benzene rings is 1. The molecule has 0 radical (unpaired) electrons. The van der Waals surface area contributed by atoms with E-state index >= 15 is 0 Å². The van der Waals surface area contributed by atoms with Gasteiger partial charge in [0, 0.05) is 13.1 Å². The highest BCUT2D eigenvalue weighted by molar-refractivity contribution is 5.77. The number of carbonyl (C=O) groups excluding carboxylic acids is 1. The SMILES string of the molecule is CN(C(=O)CCOc1ccc(F)cc1F)C1(C#N)CCC1. The van der Waals surface area contributed by atoms with Crippen molar-refractivity contribution in [2.75, 3.05) is 13.7 Å². The summed E-state index contributed by atoms with van der Waals surface area (Å²) in [6.45, 7) is -0.0206. The Morgan fingerprint density at radius 2 is 2.19 bits per heavy atom. The number of nitriles is 1. The van der Waals surface area contributed by atoms with Crippen molar-refractivity contribution in [2.24, 2.45) is 0 Å². The van der Waals surface area contributed by atoms with E-state index in [0.717, 1.165) is 18.6 Å². The van der Waals surface area contributed by atoms with E-state index in [4.69, 9.17) is 10.00 Å². The number of halogens is 2. The lowest BCUT2D eigenvalue weighted by atomic mass is 9.76. The first-order valence-corrected chi connectivity index (χ1v) is 6.74. The Morgan fingerprint density at radius 3 is 2.71 bits per heavy atom. The van der Waals surface area contributed by atoms with Crippen LogP contribution in [-0.2, 0) is 4.79 Å². The lowest BCUT2D eigenvalue weighted by molar-refractivity contribution is -0.136. The zero-order valence-corrected chi connectivity index (χ0v) is 11.7. The van der Waals surface area contributed by atoms with Crippen LogP contribution in [0.1, 0.15) is 25.7 Å². The summed E-state index contributed by atoms with van der Waals surface area (Å²) in [7, 11) is 1.60. The van der Waals surface area contributed by atoms with Crippen LogP contribution in [0, 0.1) is 23.0 Å². The second kappa shape index (κ2) is 6.08. The lowest BCUT2D eigenvalue weighted by Crippen LogP contribution is -2.53. The van der Waals surface area contributed by atoms with Gasteiger partial charge in [-0.1, -0.05) is 0 Å². The molecular formula is C15H16F2N2O2. The minimum absolute atomic E-state index is 0.0206. The van der Waals surface area contributed by atoms with Gasteiger partial charge in [-0.3, -0.25) is 4.79 Å². The van der Waals surface area contributed by atoms with Crippen LogP contribution in [0.4, 0.5) is 8.78 Å². The standard InChI is InChI=1S/C15H16F2N2O2/c1-19(15(10-18)6-2-7-15)14(20)5-8-21-13-4-3-11(16)9-12(13)17/h3-4,9H,2,5-8H2,1H3. The molecule has 0 saturated heterocycles. The summed E-state index contributed by atoms with van der Waals surface area (Å²) in [6, 6.07) is 5.18. The van der Waals surface area contributed by atoms with Crippen LogP contribution in [-0.4, -0.2) is 30.0 Å². The van der Waals surface area contributed by atoms with E-state index in [1.54, 1.807) is 7.05 Å². The number of carbonyl (C=O) groups is 1. The third-order valence-electron chi connectivity index (χ3n) is 3.87. The topological polar surface area (TPSA) is 53.3 Å². The first-order chi connectivity index (χ1) is 9.98. The molecule has 21 heavy (non-hydrogen) atoms. The highest BCUT2D eigenvalue weighted by atomic mass is 19.1. The normalized spacial score (nSPS) is 15.7. The van der Waals surface area contributed by atoms with Gasteiger partial charge in [-0.2, -0.15) is 5.26 Å². The van der Waals surface area contributed by atoms with Crippen molar-refractivity contribution < 1.29 is 18.3 Å². The molecular weight excluding hydrogens is 278 g/mol. The largest absolute Gasteiger partial charge is 0.490 e. The molecule has 1 fully saturated rings. The summed E-state index contributed by atoms with van der Waals surface area (Å²) >= 11 is 0. The van der Waals surface area contributed by atoms with Crippen LogP contribution in [0.2, 0.25) is 0 Å². The number of hydrogen-bond donors (Lipinski definition) is 0. The summed E-state index contributed by atoms with van der Waals surface area (Å²) in [6.07, 6.45) is 2.33. The molecule has 1 aliphatic carbocycles. The molecule has 0 spiro atoms. The molecule has 112 valence electrons. The van der Waals surface area contributed by atoms with Crippen molar-refractivity contribution in [3.8, 4) is 11.8 Å². The molecule has 1 aromatic rings. The van der Waals surface area contributed by atoms with Gasteiger partial charge >= 0.3 is 0 Å². The fourth-order valence-corrected chi connectivity index (χ4v) is 2.28. The molecule has 0 N–H and O–H groups in total. The summed E-state index contributed by atoms with van der Waals surface area (Å²) in [5.74, 6) is -1.80. The second-order valence-corrected chi connectivity index (χ2v) is 5.12. The summed E-state index contributed by atoms with van der Waals surface area (Å²) in [4.78, 5) is 13.5. The van der Waals surface area contributed by atoms with Gasteiger partial charge in [0.25, 0.3) is 0 Å². The van der Waals surface area contributed by atoms with E-state index in [1.807, 2.05) is 0 Å². The molecule has 1 aromatic carbocycles. The van der Waals surface area contributed by atoms with E-state index < -0.39 is 17.2 Å². The summed E-state index contributed by atoms with van der Waals surface area (Å²) in [5, 5.41) is 9.16. The van der Waals surface area contributed by atoms with Crippen molar-refractivity contribution in [3.63, 3.8) is 0 Å². The number of ether oxygens (including phenoxy) is 1. The second-order valence-electron chi connectivity index (χ2n) is 5.12. The average molecular weight is 294 g/mol. The average Bonchev–Trinajstić information content (AvgIpc) is 2.40. The summed E-state index contributed by atoms with van der Waals surface area (Å²) < 4.78 is 31.2. The maximum absolute atomic E-state index is 13.3. The van der Waals surface area contributed by atoms with Gasteiger partial charge in [0.05, 0.1) is 19.1 Å². The molecule has 0 atom stereocenters. The maximum atomic E-state index is 13.3. The van der Waals surface area contributed by atoms with Crippen molar-refractivity contribution in [1.29, 1.82) is 5.26 Å². The van der Waals surface area contributed by atoms with Crippen molar-refractivity contribution in [3.05, 3.63) is 29.8 Å². The Balaban J connectivity index is 1.86. The van der Waals surface area contributed by atoms with Gasteiger partial charge in [-0.15, -0.1) is 0 Å². The lowest BCUT2D eigenvalue weighted by Gasteiger charge is -2.42. The van der Waals surface area contributed by atoms with Crippen LogP contribution in [0.15, 0.2) is 18.2 Å². The number of amides is 1. The predicted molar refractivity (Wildman–Crippen MR) is 71.4 cm³/mol. The Bertz CT molecular complexity index is 580. The zero-order chi connectivity index (χ0) is 15.5. The maximum Gasteiger partial charge on any atom is 0.227 e. The van der Waals surface area contributed by atoms with Crippen molar-refractivity contribution >= 4 is 5.91 Å². The van der Waals surface area contributed by atoms with Crippen molar-refractivity contribution in [1.82, 2.24) is 4.90 Å². The van der Waals surface area contributed by atoms with Crippen molar-refractivity contribution in [2.45, 2.75) is 31.2 Å². The Morgan fingerprint density at radius 1 is 1.48 bits per heavy atom. The minimum atomic E-state index is -0.803. The molecule has 2 rings (SSSR count). The number of hydrogen-bond acceptors (Lipinski definition) is 3. The third-order valence-corrected chi connectivity index (χ3v) is 3.87. The predicted octanol–water partition coefficient (Wildman–Crippen LogP) is 2.64. The molecule has 4 nitrogen and oxygen atoms in total. The molecule has 0 aliphatic heterocycles.